The summed E-state index contributed by atoms with van der Waals surface area (Å²) in [6.45, 7) is 4.53. The minimum Gasteiger partial charge on any atom is -0.464 e. The van der Waals surface area contributed by atoms with Crippen LogP contribution in [0, 0.1) is 12.8 Å². The molecule has 1 N–H and O–H groups in total. The van der Waals surface area contributed by atoms with Crippen molar-refractivity contribution in [1.82, 2.24) is 10.2 Å². The highest BCUT2D eigenvalue weighted by molar-refractivity contribution is 5.78. The summed E-state index contributed by atoms with van der Waals surface area (Å²) in [6.07, 6.45) is 3.45. The largest absolute Gasteiger partial charge is 0.464 e. The summed E-state index contributed by atoms with van der Waals surface area (Å²) in [5.41, 5.74) is 1.25. The van der Waals surface area contributed by atoms with Gasteiger partial charge >= 0.3 is 0 Å². The molecule has 0 atom stereocenters. The number of nitrogens with zero attached hydrogens (tertiary/aromatic N) is 1. The molecule has 0 unspecified atom stereocenters. The summed E-state index contributed by atoms with van der Waals surface area (Å²) in [4.78, 5) is 14.5. The molecule has 0 spiro atoms. The van der Waals surface area contributed by atoms with E-state index in [4.69, 9.17) is 4.42 Å². The lowest BCUT2D eigenvalue weighted by atomic mass is 10.1. The molecule has 0 bridgehead atoms. The van der Waals surface area contributed by atoms with Gasteiger partial charge in [-0.15, -0.1) is 0 Å². The predicted octanol–water partition coefficient (Wildman–Crippen LogP) is 3.16. The van der Waals surface area contributed by atoms with Crippen LogP contribution in [0.15, 0.2) is 46.9 Å². The topological polar surface area (TPSA) is 45.5 Å². The molecule has 4 heteroatoms. The molecule has 4 nitrogen and oxygen atoms in total. The Hall–Kier alpha value is -2.07. The lowest BCUT2D eigenvalue weighted by Crippen LogP contribution is -2.39. The van der Waals surface area contributed by atoms with Gasteiger partial charge in [0.05, 0.1) is 13.1 Å². The molecule has 2 aromatic rings. The van der Waals surface area contributed by atoms with Gasteiger partial charge < -0.3 is 14.6 Å². The quantitative estimate of drug-likeness (QED) is 0.770. The SMILES string of the molecule is Cc1ccc(CN(CCc2ccccc2)C(=O)CNCC2CC2)o1. The Kier molecular flexibility index (Phi) is 5.70. The first kappa shape index (κ1) is 16.8. The summed E-state index contributed by atoms with van der Waals surface area (Å²) in [6, 6.07) is 14.2. The molecule has 1 saturated carbocycles. The Morgan fingerprint density at radius 1 is 1.21 bits per heavy atom. The molecular formula is C20H26N2O2. The van der Waals surface area contributed by atoms with E-state index in [1.807, 2.05) is 42.2 Å². The number of nitrogens with one attached hydrogen (secondary N) is 1. The second kappa shape index (κ2) is 8.15. The Labute approximate surface area is 143 Å². The molecule has 1 aliphatic carbocycles. The van der Waals surface area contributed by atoms with Gasteiger partial charge in [-0.1, -0.05) is 30.3 Å². The normalized spacial score (nSPS) is 13.9. The summed E-state index contributed by atoms with van der Waals surface area (Å²) in [5.74, 6) is 2.65. The number of furan rings is 1. The zero-order valence-corrected chi connectivity index (χ0v) is 14.3. The zero-order chi connectivity index (χ0) is 16.8. The van der Waals surface area contributed by atoms with Gasteiger partial charge in [-0.25, -0.2) is 0 Å². The number of amides is 1. The minimum atomic E-state index is 0.139. The van der Waals surface area contributed by atoms with E-state index < -0.39 is 0 Å². The molecule has 24 heavy (non-hydrogen) atoms. The van der Waals surface area contributed by atoms with E-state index in [9.17, 15) is 4.79 Å². The van der Waals surface area contributed by atoms with E-state index in [-0.39, 0.29) is 5.91 Å². The second-order valence-corrected chi connectivity index (χ2v) is 6.64. The molecule has 0 radical (unpaired) electrons. The van der Waals surface area contributed by atoms with Gasteiger partial charge in [-0.3, -0.25) is 4.79 Å². The molecular weight excluding hydrogens is 300 g/mol. The van der Waals surface area contributed by atoms with Crippen LogP contribution in [-0.2, 0) is 17.8 Å². The molecule has 1 aromatic carbocycles. The molecule has 1 aromatic heterocycles. The standard InChI is InChI=1S/C20H26N2O2/c1-16-7-10-19(24-16)15-22(12-11-17-5-3-2-4-6-17)20(23)14-21-13-18-8-9-18/h2-7,10,18,21H,8-9,11-15H2,1H3. The fourth-order valence-corrected chi connectivity index (χ4v) is 2.78. The lowest BCUT2D eigenvalue weighted by molar-refractivity contribution is -0.131. The van der Waals surface area contributed by atoms with Gasteiger partial charge in [0.15, 0.2) is 0 Å². The van der Waals surface area contributed by atoms with Crippen molar-refractivity contribution in [3.8, 4) is 0 Å². The Morgan fingerprint density at radius 2 is 2.00 bits per heavy atom. The molecule has 1 fully saturated rings. The minimum absolute atomic E-state index is 0.139. The van der Waals surface area contributed by atoms with Crippen molar-refractivity contribution in [2.24, 2.45) is 5.92 Å². The van der Waals surface area contributed by atoms with Gasteiger partial charge in [0, 0.05) is 6.54 Å². The van der Waals surface area contributed by atoms with Crippen molar-refractivity contribution < 1.29 is 9.21 Å². The van der Waals surface area contributed by atoms with Gasteiger partial charge in [0.2, 0.25) is 5.91 Å². The van der Waals surface area contributed by atoms with E-state index >= 15 is 0 Å². The number of hydrogen-bond donors (Lipinski definition) is 1. The van der Waals surface area contributed by atoms with Gasteiger partial charge in [-0.05, 0) is 56.3 Å². The number of carbonyl (C=O) groups is 1. The fourth-order valence-electron chi connectivity index (χ4n) is 2.78. The molecule has 128 valence electrons. The highest BCUT2D eigenvalue weighted by Gasteiger charge is 2.21. The van der Waals surface area contributed by atoms with Gasteiger partial charge in [0.1, 0.15) is 11.5 Å². The van der Waals surface area contributed by atoms with Crippen LogP contribution in [0.5, 0.6) is 0 Å². The molecule has 1 aliphatic rings. The lowest BCUT2D eigenvalue weighted by Gasteiger charge is -2.22. The van der Waals surface area contributed by atoms with E-state index in [1.165, 1.54) is 18.4 Å². The molecule has 1 amide bonds. The second-order valence-electron chi connectivity index (χ2n) is 6.64. The smallest absolute Gasteiger partial charge is 0.236 e. The van der Waals surface area contributed by atoms with Crippen LogP contribution in [0.4, 0.5) is 0 Å². The van der Waals surface area contributed by atoms with Gasteiger partial charge in [-0.2, -0.15) is 0 Å². The summed E-state index contributed by atoms with van der Waals surface area (Å²) in [5, 5.41) is 3.29. The van der Waals surface area contributed by atoms with E-state index in [1.54, 1.807) is 0 Å². The van der Waals surface area contributed by atoms with Crippen LogP contribution in [0.2, 0.25) is 0 Å². The van der Waals surface area contributed by atoms with Crippen molar-refractivity contribution in [2.45, 2.75) is 32.7 Å². The van der Waals surface area contributed by atoms with Crippen molar-refractivity contribution in [1.29, 1.82) is 0 Å². The van der Waals surface area contributed by atoms with Crippen LogP contribution in [0.25, 0.3) is 0 Å². The Balaban J connectivity index is 1.56. The highest BCUT2D eigenvalue weighted by atomic mass is 16.3. The first-order valence-corrected chi connectivity index (χ1v) is 8.78. The van der Waals surface area contributed by atoms with Crippen molar-refractivity contribution in [3.05, 3.63) is 59.5 Å². The monoisotopic (exact) mass is 326 g/mol. The van der Waals surface area contributed by atoms with Crippen LogP contribution < -0.4 is 5.32 Å². The highest BCUT2D eigenvalue weighted by Crippen LogP contribution is 2.27. The summed E-state index contributed by atoms with van der Waals surface area (Å²) < 4.78 is 5.65. The fraction of sp³-hybridized carbons (Fsp3) is 0.450. The number of benzene rings is 1. The first-order chi connectivity index (χ1) is 11.7. The molecule has 0 aliphatic heterocycles. The third-order valence-electron chi connectivity index (χ3n) is 4.41. The Morgan fingerprint density at radius 3 is 2.67 bits per heavy atom. The predicted molar refractivity (Wildman–Crippen MR) is 94.6 cm³/mol. The number of rotatable bonds is 9. The molecule has 0 saturated heterocycles. The maximum Gasteiger partial charge on any atom is 0.236 e. The van der Waals surface area contributed by atoms with E-state index in [0.717, 1.165) is 30.4 Å². The Bertz CT molecular complexity index is 647. The van der Waals surface area contributed by atoms with Crippen LogP contribution in [-0.4, -0.2) is 30.4 Å². The van der Waals surface area contributed by atoms with Crippen LogP contribution >= 0.6 is 0 Å². The first-order valence-electron chi connectivity index (χ1n) is 8.78. The van der Waals surface area contributed by atoms with Crippen molar-refractivity contribution in [2.75, 3.05) is 19.6 Å². The zero-order valence-electron chi connectivity index (χ0n) is 14.3. The van der Waals surface area contributed by atoms with E-state index in [0.29, 0.717) is 19.6 Å². The average molecular weight is 326 g/mol. The average Bonchev–Trinajstić information content (AvgIpc) is 3.32. The van der Waals surface area contributed by atoms with Crippen LogP contribution in [0.1, 0.15) is 29.9 Å². The molecule has 1 heterocycles. The summed E-state index contributed by atoms with van der Waals surface area (Å²) >= 11 is 0. The van der Waals surface area contributed by atoms with Crippen LogP contribution in [0.3, 0.4) is 0 Å². The third-order valence-corrected chi connectivity index (χ3v) is 4.41. The molecule has 3 rings (SSSR count). The van der Waals surface area contributed by atoms with Crippen molar-refractivity contribution in [3.63, 3.8) is 0 Å². The van der Waals surface area contributed by atoms with Gasteiger partial charge in [0.25, 0.3) is 0 Å². The number of carbonyl (C=O) groups excluding carboxylic acids is 1. The number of hydrogen-bond acceptors (Lipinski definition) is 3. The maximum atomic E-state index is 12.6. The van der Waals surface area contributed by atoms with E-state index in [2.05, 4.69) is 17.4 Å². The third kappa shape index (κ3) is 5.24. The van der Waals surface area contributed by atoms with Crippen molar-refractivity contribution >= 4 is 5.91 Å². The maximum absolute atomic E-state index is 12.6. The number of aryl methyl sites for hydroxylation is 1. The summed E-state index contributed by atoms with van der Waals surface area (Å²) in [7, 11) is 0.